The van der Waals surface area contributed by atoms with Crippen molar-refractivity contribution in [3.8, 4) is 0 Å². The van der Waals surface area contributed by atoms with Gasteiger partial charge in [-0.2, -0.15) is 0 Å². The van der Waals surface area contributed by atoms with E-state index in [0.29, 0.717) is 25.6 Å². The van der Waals surface area contributed by atoms with Gasteiger partial charge in [0.2, 0.25) is 5.91 Å². The molecule has 2 aliphatic rings. The molecule has 0 bridgehead atoms. The molecular formula is C25H39N3O3. The molecule has 172 valence electrons. The number of rotatable bonds is 5. The van der Waals surface area contributed by atoms with Gasteiger partial charge in [-0.15, -0.1) is 0 Å². The molecule has 0 radical (unpaired) electrons. The Hall–Kier alpha value is -2.08. The fourth-order valence-corrected chi connectivity index (χ4v) is 4.70. The topological polar surface area (TPSA) is 53.1 Å². The maximum absolute atomic E-state index is 13.1. The molecule has 0 aliphatic carbocycles. The number of amides is 2. The Morgan fingerprint density at radius 3 is 2.42 bits per heavy atom. The molecule has 1 aromatic rings. The van der Waals surface area contributed by atoms with E-state index in [0.717, 1.165) is 19.3 Å². The Labute approximate surface area is 187 Å². The number of nitrogens with zero attached hydrogens (tertiary/aromatic N) is 3. The molecule has 0 saturated carbocycles. The van der Waals surface area contributed by atoms with Crippen LogP contribution in [0.25, 0.3) is 0 Å². The molecule has 31 heavy (non-hydrogen) atoms. The third-order valence-corrected chi connectivity index (χ3v) is 6.24. The van der Waals surface area contributed by atoms with Gasteiger partial charge in [0, 0.05) is 32.7 Å². The van der Waals surface area contributed by atoms with Gasteiger partial charge in [0.25, 0.3) is 0 Å². The van der Waals surface area contributed by atoms with Crippen LogP contribution in [0.15, 0.2) is 30.3 Å². The second-order valence-electron chi connectivity index (χ2n) is 10.5. The molecule has 0 N–H and O–H groups in total. The molecule has 2 heterocycles. The van der Waals surface area contributed by atoms with Crippen LogP contribution in [0, 0.1) is 5.92 Å². The number of carbonyl (C=O) groups excluding carboxylic acids is 2. The molecule has 0 spiro atoms. The Kier molecular flexibility index (Phi) is 7.30. The van der Waals surface area contributed by atoms with Crippen LogP contribution >= 0.6 is 0 Å². The zero-order valence-electron chi connectivity index (χ0n) is 20.0. The van der Waals surface area contributed by atoms with Crippen molar-refractivity contribution in [2.24, 2.45) is 5.92 Å². The SMILES string of the molecule is CC(C)CC[C@H]1C(=O)N(C)C[C@H]2CN(C(=O)OC(C)(C)C)[C@@H](Cc3ccccc3)CN21. The zero-order valence-corrected chi connectivity index (χ0v) is 20.0. The second-order valence-corrected chi connectivity index (χ2v) is 10.5. The van der Waals surface area contributed by atoms with Crippen molar-refractivity contribution in [2.45, 2.75) is 77.6 Å². The first kappa shape index (κ1) is 23.6. The molecule has 2 amide bonds. The van der Waals surface area contributed by atoms with Crippen LogP contribution in [-0.4, -0.2) is 77.1 Å². The van der Waals surface area contributed by atoms with Gasteiger partial charge >= 0.3 is 6.09 Å². The fraction of sp³-hybridized carbons (Fsp3) is 0.680. The van der Waals surface area contributed by atoms with Gasteiger partial charge < -0.3 is 14.5 Å². The largest absolute Gasteiger partial charge is 0.444 e. The predicted molar refractivity (Wildman–Crippen MR) is 123 cm³/mol. The van der Waals surface area contributed by atoms with Gasteiger partial charge in [0.1, 0.15) is 5.60 Å². The van der Waals surface area contributed by atoms with Gasteiger partial charge in [0.15, 0.2) is 0 Å². The molecule has 6 heteroatoms. The Morgan fingerprint density at radius 2 is 1.81 bits per heavy atom. The lowest BCUT2D eigenvalue weighted by Crippen LogP contribution is -2.70. The summed E-state index contributed by atoms with van der Waals surface area (Å²) >= 11 is 0. The summed E-state index contributed by atoms with van der Waals surface area (Å²) in [4.78, 5) is 32.3. The number of likely N-dealkylation sites (N-methyl/N-ethyl adjacent to an activating group) is 1. The van der Waals surface area contributed by atoms with Gasteiger partial charge in [-0.3, -0.25) is 9.69 Å². The summed E-state index contributed by atoms with van der Waals surface area (Å²) in [6.07, 6.45) is 2.38. The molecule has 3 atom stereocenters. The molecule has 0 aromatic heterocycles. The van der Waals surface area contributed by atoms with Crippen LogP contribution in [0.1, 0.15) is 53.0 Å². The summed E-state index contributed by atoms with van der Waals surface area (Å²) in [5.41, 5.74) is 0.656. The molecule has 2 fully saturated rings. The van der Waals surface area contributed by atoms with Crippen LogP contribution in [0.2, 0.25) is 0 Å². The third kappa shape index (κ3) is 6.00. The third-order valence-electron chi connectivity index (χ3n) is 6.24. The summed E-state index contributed by atoms with van der Waals surface area (Å²) in [5.74, 6) is 0.766. The Balaban J connectivity index is 1.86. The van der Waals surface area contributed by atoms with E-state index in [-0.39, 0.29) is 30.1 Å². The first-order valence-corrected chi connectivity index (χ1v) is 11.6. The number of carbonyl (C=O) groups is 2. The summed E-state index contributed by atoms with van der Waals surface area (Å²) in [6, 6.07) is 10.3. The lowest BCUT2D eigenvalue weighted by Gasteiger charge is -2.53. The van der Waals surface area contributed by atoms with Crippen molar-refractivity contribution in [3.05, 3.63) is 35.9 Å². The van der Waals surface area contributed by atoms with E-state index in [9.17, 15) is 9.59 Å². The van der Waals surface area contributed by atoms with E-state index in [4.69, 9.17) is 4.74 Å². The molecule has 2 saturated heterocycles. The number of hydrogen-bond donors (Lipinski definition) is 0. The van der Waals surface area contributed by atoms with Crippen LogP contribution in [0.5, 0.6) is 0 Å². The van der Waals surface area contributed by atoms with Crippen molar-refractivity contribution < 1.29 is 14.3 Å². The summed E-state index contributed by atoms with van der Waals surface area (Å²) in [7, 11) is 1.88. The number of fused-ring (bicyclic) bond motifs is 1. The quantitative estimate of drug-likeness (QED) is 0.715. The minimum atomic E-state index is -0.537. The summed E-state index contributed by atoms with van der Waals surface area (Å²) < 4.78 is 5.77. The zero-order chi connectivity index (χ0) is 22.8. The maximum Gasteiger partial charge on any atom is 0.410 e. The highest BCUT2D eigenvalue weighted by Crippen LogP contribution is 2.29. The van der Waals surface area contributed by atoms with Crippen LogP contribution < -0.4 is 0 Å². The first-order valence-electron chi connectivity index (χ1n) is 11.6. The molecule has 3 rings (SSSR count). The highest BCUT2D eigenvalue weighted by molar-refractivity contribution is 5.82. The first-order chi connectivity index (χ1) is 14.5. The van der Waals surface area contributed by atoms with E-state index < -0.39 is 5.60 Å². The highest BCUT2D eigenvalue weighted by atomic mass is 16.6. The second kappa shape index (κ2) is 9.60. The number of ether oxygens (including phenoxy) is 1. The lowest BCUT2D eigenvalue weighted by atomic mass is 9.92. The summed E-state index contributed by atoms with van der Waals surface area (Å²) in [5, 5.41) is 0. The van der Waals surface area contributed by atoms with E-state index in [1.165, 1.54) is 5.56 Å². The van der Waals surface area contributed by atoms with E-state index in [2.05, 4.69) is 30.9 Å². The fourth-order valence-electron chi connectivity index (χ4n) is 4.70. The smallest absolute Gasteiger partial charge is 0.410 e. The molecule has 6 nitrogen and oxygen atoms in total. The normalized spacial score (nSPS) is 25.0. The molecular weight excluding hydrogens is 390 g/mol. The minimum Gasteiger partial charge on any atom is -0.444 e. The molecule has 2 aliphatic heterocycles. The van der Waals surface area contributed by atoms with Gasteiger partial charge in [-0.05, 0) is 51.5 Å². The predicted octanol–water partition coefficient (Wildman–Crippen LogP) is 3.80. The molecule has 1 aromatic carbocycles. The minimum absolute atomic E-state index is 0.0220. The lowest BCUT2D eigenvalue weighted by molar-refractivity contribution is -0.148. The van der Waals surface area contributed by atoms with E-state index in [1.807, 2.05) is 55.8 Å². The number of benzene rings is 1. The molecule has 0 unspecified atom stereocenters. The number of hydrogen-bond acceptors (Lipinski definition) is 4. The summed E-state index contributed by atoms with van der Waals surface area (Å²) in [6.45, 7) is 12.0. The maximum atomic E-state index is 13.1. The van der Waals surface area contributed by atoms with Gasteiger partial charge in [-0.1, -0.05) is 44.2 Å². The number of piperazine rings is 2. The van der Waals surface area contributed by atoms with Crippen LogP contribution in [-0.2, 0) is 16.0 Å². The average molecular weight is 430 g/mol. The monoisotopic (exact) mass is 429 g/mol. The Morgan fingerprint density at radius 1 is 1.13 bits per heavy atom. The van der Waals surface area contributed by atoms with Crippen molar-refractivity contribution in [1.29, 1.82) is 0 Å². The van der Waals surface area contributed by atoms with E-state index >= 15 is 0 Å². The van der Waals surface area contributed by atoms with Gasteiger partial charge in [0.05, 0.1) is 12.1 Å². The Bertz CT molecular complexity index is 759. The van der Waals surface area contributed by atoms with E-state index in [1.54, 1.807) is 0 Å². The van der Waals surface area contributed by atoms with Gasteiger partial charge in [-0.25, -0.2) is 4.79 Å². The van der Waals surface area contributed by atoms with Crippen molar-refractivity contribution in [2.75, 3.05) is 26.7 Å². The average Bonchev–Trinajstić information content (AvgIpc) is 2.67. The van der Waals surface area contributed by atoms with Crippen molar-refractivity contribution >= 4 is 12.0 Å². The van der Waals surface area contributed by atoms with Crippen molar-refractivity contribution in [1.82, 2.24) is 14.7 Å². The standard InChI is InChI=1S/C25H39N3O3/c1-18(2)12-13-22-23(29)26(6)15-21-17-28(24(30)31-25(3,4)5)20(16-27(21)22)14-19-10-8-7-9-11-19/h7-11,18,20-22H,12-17H2,1-6H3/t20-,21-,22-/m0/s1. The van der Waals surface area contributed by atoms with Crippen molar-refractivity contribution in [3.63, 3.8) is 0 Å². The highest BCUT2D eigenvalue weighted by Gasteiger charge is 2.46. The van der Waals surface area contributed by atoms with Crippen LogP contribution in [0.3, 0.4) is 0 Å². The van der Waals surface area contributed by atoms with Crippen LogP contribution in [0.4, 0.5) is 4.79 Å².